The quantitative estimate of drug-likeness (QED) is 0.757. The topological polar surface area (TPSA) is 57.2 Å². The van der Waals surface area contributed by atoms with Crippen LogP contribution in [0.25, 0.3) is 0 Å². The van der Waals surface area contributed by atoms with Gasteiger partial charge in [0.25, 0.3) is 0 Å². The third-order valence-corrected chi connectivity index (χ3v) is 2.80. The lowest BCUT2D eigenvalue weighted by atomic mass is 10.1. The van der Waals surface area contributed by atoms with Crippen molar-refractivity contribution in [3.05, 3.63) is 0 Å². The summed E-state index contributed by atoms with van der Waals surface area (Å²) in [5.74, 6) is -1.26. The van der Waals surface area contributed by atoms with Gasteiger partial charge in [0, 0.05) is 0 Å². The fourth-order valence-electron chi connectivity index (χ4n) is 2.20. The van der Waals surface area contributed by atoms with Crippen molar-refractivity contribution in [1.29, 1.82) is 0 Å². The molecule has 0 spiro atoms. The molecule has 3 atom stereocenters. The van der Waals surface area contributed by atoms with Crippen molar-refractivity contribution in [3.63, 3.8) is 0 Å². The van der Waals surface area contributed by atoms with E-state index in [4.69, 9.17) is 18.9 Å². The molecule has 2 heterocycles. The first kappa shape index (κ1) is 12.3. The van der Waals surface area contributed by atoms with E-state index in [1.165, 1.54) is 0 Å². The molecule has 16 heavy (non-hydrogen) atoms. The second kappa shape index (κ2) is 3.92. The van der Waals surface area contributed by atoms with Crippen LogP contribution < -0.4 is 0 Å². The van der Waals surface area contributed by atoms with Gasteiger partial charge in [-0.1, -0.05) is 0 Å². The van der Waals surface area contributed by atoms with Crippen LogP contribution in [0.5, 0.6) is 0 Å². The summed E-state index contributed by atoms with van der Waals surface area (Å²) >= 11 is 0. The minimum Gasteiger partial charge on any atom is -0.394 e. The van der Waals surface area contributed by atoms with Crippen molar-refractivity contribution in [2.75, 3.05) is 13.2 Å². The molecule has 0 aliphatic carbocycles. The molecule has 2 aliphatic heterocycles. The SMILES string of the molecule is CC1(C)OCC(C2OC(C)(C)O[C@H]2CO)O1. The molecule has 94 valence electrons. The lowest BCUT2D eigenvalue weighted by Crippen LogP contribution is -2.39. The molecule has 2 saturated heterocycles. The number of aliphatic hydroxyl groups excluding tert-OH is 1. The summed E-state index contributed by atoms with van der Waals surface area (Å²) in [5.41, 5.74) is 0. The molecule has 2 rings (SSSR count). The van der Waals surface area contributed by atoms with Crippen LogP contribution in [-0.2, 0) is 18.9 Å². The van der Waals surface area contributed by atoms with E-state index in [-0.39, 0.29) is 24.9 Å². The molecule has 0 aromatic rings. The van der Waals surface area contributed by atoms with Crippen LogP contribution in [0.15, 0.2) is 0 Å². The molecule has 0 radical (unpaired) electrons. The summed E-state index contributed by atoms with van der Waals surface area (Å²) in [7, 11) is 0. The molecule has 0 saturated carbocycles. The average molecular weight is 232 g/mol. The Morgan fingerprint density at radius 2 is 1.75 bits per heavy atom. The van der Waals surface area contributed by atoms with Crippen molar-refractivity contribution in [2.24, 2.45) is 0 Å². The summed E-state index contributed by atoms with van der Waals surface area (Å²) in [5, 5.41) is 9.26. The van der Waals surface area contributed by atoms with Gasteiger partial charge >= 0.3 is 0 Å². The predicted octanol–water partition coefficient (Wildman–Crippen LogP) is 0.650. The van der Waals surface area contributed by atoms with Gasteiger partial charge in [0.1, 0.15) is 18.3 Å². The Balaban J connectivity index is 2.04. The van der Waals surface area contributed by atoms with Crippen LogP contribution in [0.4, 0.5) is 0 Å². The third kappa shape index (κ3) is 2.38. The van der Waals surface area contributed by atoms with Gasteiger partial charge in [-0.3, -0.25) is 0 Å². The molecule has 1 N–H and O–H groups in total. The third-order valence-electron chi connectivity index (χ3n) is 2.80. The highest BCUT2D eigenvalue weighted by Crippen LogP contribution is 2.35. The monoisotopic (exact) mass is 232 g/mol. The van der Waals surface area contributed by atoms with Crippen LogP contribution in [0.3, 0.4) is 0 Å². The van der Waals surface area contributed by atoms with Crippen LogP contribution in [0.2, 0.25) is 0 Å². The maximum absolute atomic E-state index is 9.26. The highest BCUT2D eigenvalue weighted by Gasteiger charge is 2.49. The van der Waals surface area contributed by atoms with Crippen LogP contribution in [0, 0.1) is 0 Å². The Morgan fingerprint density at radius 3 is 2.25 bits per heavy atom. The largest absolute Gasteiger partial charge is 0.394 e. The van der Waals surface area contributed by atoms with Gasteiger partial charge in [-0.15, -0.1) is 0 Å². The molecule has 2 aliphatic rings. The number of ether oxygens (including phenoxy) is 4. The van der Waals surface area contributed by atoms with Crippen molar-refractivity contribution in [3.8, 4) is 0 Å². The van der Waals surface area contributed by atoms with E-state index in [0.29, 0.717) is 6.61 Å². The van der Waals surface area contributed by atoms with E-state index < -0.39 is 11.6 Å². The maximum Gasteiger partial charge on any atom is 0.164 e. The first-order chi connectivity index (χ1) is 7.33. The summed E-state index contributed by atoms with van der Waals surface area (Å²) in [6.07, 6.45) is -0.812. The highest BCUT2D eigenvalue weighted by atomic mass is 16.8. The van der Waals surface area contributed by atoms with Gasteiger partial charge in [-0.2, -0.15) is 0 Å². The molecule has 0 aromatic carbocycles. The molecule has 5 nitrogen and oxygen atoms in total. The Hall–Kier alpha value is -0.200. The fraction of sp³-hybridized carbons (Fsp3) is 1.00. The summed E-state index contributed by atoms with van der Waals surface area (Å²) in [4.78, 5) is 0. The van der Waals surface area contributed by atoms with Crippen LogP contribution >= 0.6 is 0 Å². The van der Waals surface area contributed by atoms with Crippen LogP contribution in [0.1, 0.15) is 27.7 Å². The zero-order valence-corrected chi connectivity index (χ0v) is 10.2. The molecule has 0 amide bonds. The standard InChI is InChI=1S/C11H20O5/c1-10(2)13-6-8(15-10)9-7(5-12)14-11(3,4)16-9/h7-9,12H,5-6H2,1-4H3/t7-,8?,9?/m0/s1. The van der Waals surface area contributed by atoms with Gasteiger partial charge in [0.15, 0.2) is 11.6 Å². The van der Waals surface area contributed by atoms with Gasteiger partial charge < -0.3 is 24.1 Å². The fourth-order valence-corrected chi connectivity index (χ4v) is 2.20. The van der Waals surface area contributed by atoms with E-state index >= 15 is 0 Å². The minimum absolute atomic E-state index is 0.0750. The Bertz CT molecular complexity index is 263. The molecule has 2 unspecified atom stereocenters. The molecule has 5 heteroatoms. The van der Waals surface area contributed by atoms with Gasteiger partial charge in [-0.25, -0.2) is 0 Å². The zero-order chi connectivity index (χ0) is 12.0. The van der Waals surface area contributed by atoms with Gasteiger partial charge in [0.2, 0.25) is 0 Å². The number of hydrogen-bond donors (Lipinski definition) is 1. The zero-order valence-electron chi connectivity index (χ0n) is 10.2. The molecule has 0 aromatic heterocycles. The normalized spacial score (nSPS) is 41.4. The van der Waals surface area contributed by atoms with Crippen molar-refractivity contribution in [2.45, 2.75) is 57.6 Å². The highest BCUT2D eigenvalue weighted by molar-refractivity contribution is 4.90. The molecule has 0 bridgehead atoms. The molecular weight excluding hydrogens is 212 g/mol. The summed E-state index contributed by atoms with van der Waals surface area (Å²) in [6.45, 7) is 7.78. The number of rotatable bonds is 2. The minimum atomic E-state index is -0.672. The average Bonchev–Trinajstić information content (AvgIpc) is 2.65. The van der Waals surface area contributed by atoms with Crippen molar-refractivity contribution >= 4 is 0 Å². The van der Waals surface area contributed by atoms with Gasteiger partial charge in [-0.05, 0) is 27.7 Å². The predicted molar refractivity (Wildman–Crippen MR) is 55.8 cm³/mol. The van der Waals surface area contributed by atoms with Crippen LogP contribution in [-0.4, -0.2) is 48.2 Å². The second-order valence-corrected chi connectivity index (χ2v) is 5.19. The first-order valence-corrected chi connectivity index (χ1v) is 5.61. The number of aliphatic hydroxyl groups is 1. The number of hydrogen-bond acceptors (Lipinski definition) is 5. The van der Waals surface area contributed by atoms with E-state index in [1.54, 1.807) is 0 Å². The van der Waals surface area contributed by atoms with E-state index in [0.717, 1.165) is 0 Å². The Kier molecular flexibility index (Phi) is 3.01. The van der Waals surface area contributed by atoms with E-state index in [9.17, 15) is 5.11 Å². The van der Waals surface area contributed by atoms with Gasteiger partial charge in [0.05, 0.1) is 13.2 Å². The second-order valence-electron chi connectivity index (χ2n) is 5.19. The Morgan fingerprint density at radius 1 is 1.06 bits per heavy atom. The molecular formula is C11H20O5. The molecule has 2 fully saturated rings. The van der Waals surface area contributed by atoms with E-state index in [2.05, 4.69) is 0 Å². The van der Waals surface area contributed by atoms with E-state index in [1.807, 2.05) is 27.7 Å². The smallest absolute Gasteiger partial charge is 0.164 e. The lowest BCUT2D eigenvalue weighted by molar-refractivity contribution is -0.175. The lowest BCUT2D eigenvalue weighted by Gasteiger charge is -2.23. The summed E-state index contributed by atoms with van der Waals surface area (Å²) in [6, 6.07) is 0. The first-order valence-electron chi connectivity index (χ1n) is 5.61. The summed E-state index contributed by atoms with van der Waals surface area (Å²) < 4.78 is 22.5. The maximum atomic E-state index is 9.26. The van der Waals surface area contributed by atoms with Crippen molar-refractivity contribution < 1.29 is 24.1 Å². The Labute approximate surface area is 95.6 Å². The van der Waals surface area contributed by atoms with Crippen molar-refractivity contribution in [1.82, 2.24) is 0 Å².